The van der Waals surface area contributed by atoms with Gasteiger partial charge in [0.1, 0.15) is 0 Å². The summed E-state index contributed by atoms with van der Waals surface area (Å²) in [6, 6.07) is 6.37. The van der Waals surface area contributed by atoms with Crippen LogP contribution in [0, 0.1) is 0 Å². The van der Waals surface area contributed by atoms with Crippen LogP contribution in [0.15, 0.2) is 29.2 Å². The van der Waals surface area contributed by atoms with Crippen molar-refractivity contribution in [2.75, 3.05) is 6.26 Å². The fourth-order valence-electron chi connectivity index (χ4n) is 0.745. The first-order valence-corrected chi connectivity index (χ1v) is 5.23. The van der Waals surface area contributed by atoms with E-state index in [0.717, 1.165) is 6.26 Å². The standard InChI is InChI=1S/C7H7ClO2S/c1-11(9,10)7-5-3-2-4-6(7)8/h2-5H,1H3. The lowest BCUT2D eigenvalue weighted by atomic mass is 10.4. The first kappa shape index (κ1) is 8.56. The van der Waals surface area contributed by atoms with Crippen LogP contribution in [-0.2, 0) is 9.84 Å². The van der Waals surface area contributed by atoms with E-state index in [4.69, 9.17) is 11.6 Å². The summed E-state index contributed by atoms with van der Waals surface area (Å²) in [7, 11) is -3.17. The highest BCUT2D eigenvalue weighted by Crippen LogP contribution is 2.19. The zero-order valence-corrected chi connectivity index (χ0v) is 7.48. The largest absolute Gasteiger partial charge is 0.224 e. The zero-order chi connectivity index (χ0) is 8.48. The molecule has 0 aliphatic heterocycles. The Labute approximate surface area is 70.7 Å². The molecule has 0 fully saturated rings. The van der Waals surface area contributed by atoms with E-state index in [9.17, 15) is 8.42 Å². The van der Waals surface area contributed by atoms with Crippen molar-refractivity contribution in [3.63, 3.8) is 0 Å². The first-order valence-electron chi connectivity index (χ1n) is 2.96. The maximum Gasteiger partial charge on any atom is 0.176 e. The van der Waals surface area contributed by atoms with Gasteiger partial charge in [-0.05, 0) is 12.1 Å². The zero-order valence-electron chi connectivity index (χ0n) is 5.91. The normalized spacial score (nSPS) is 11.5. The fourth-order valence-corrected chi connectivity index (χ4v) is 2.05. The lowest BCUT2D eigenvalue weighted by molar-refractivity contribution is 0.602. The van der Waals surface area contributed by atoms with Crippen molar-refractivity contribution < 1.29 is 8.42 Å². The van der Waals surface area contributed by atoms with Gasteiger partial charge in [0.05, 0.1) is 9.92 Å². The first-order chi connectivity index (χ1) is 5.02. The smallest absolute Gasteiger partial charge is 0.176 e. The van der Waals surface area contributed by atoms with Crippen molar-refractivity contribution in [2.24, 2.45) is 0 Å². The summed E-state index contributed by atoms with van der Waals surface area (Å²) >= 11 is 5.63. The molecular formula is C7H7ClO2S. The Morgan fingerprint density at radius 2 is 1.82 bits per heavy atom. The molecule has 0 saturated carbocycles. The molecule has 11 heavy (non-hydrogen) atoms. The predicted octanol–water partition coefficient (Wildman–Crippen LogP) is 1.74. The number of halogens is 1. The van der Waals surface area contributed by atoms with E-state index in [1.165, 1.54) is 6.07 Å². The van der Waals surface area contributed by atoms with Crippen molar-refractivity contribution in [1.29, 1.82) is 0 Å². The molecule has 0 aliphatic rings. The minimum Gasteiger partial charge on any atom is -0.224 e. The Morgan fingerprint density at radius 3 is 2.18 bits per heavy atom. The molecule has 2 nitrogen and oxygen atoms in total. The molecule has 0 bridgehead atoms. The van der Waals surface area contributed by atoms with Gasteiger partial charge in [-0.2, -0.15) is 0 Å². The summed E-state index contributed by atoms with van der Waals surface area (Å²) in [5.74, 6) is 0. The maximum absolute atomic E-state index is 11.0. The third-order valence-electron chi connectivity index (χ3n) is 1.24. The van der Waals surface area contributed by atoms with Gasteiger partial charge in [0.25, 0.3) is 0 Å². The van der Waals surface area contributed by atoms with Gasteiger partial charge in [0.15, 0.2) is 9.84 Å². The summed E-state index contributed by atoms with van der Waals surface area (Å²) < 4.78 is 21.9. The van der Waals surface area contributed by atoms with Crippen LogP contribution in [0.5, 0.6) is 0 Å². The quantitative estimate of drug-likeness (QED) is 0.676. The average Bonchev–Trinajstić information content (AvgIpc) is 1.86. The van der Waals surface area contributed by atoms with Gasteiger partial charge in [-0.15, -0.1) is 0 Å². The average molecular weight is 191 g/mol. The number of hydrogen-bond donors (Lipinski definition) is 0. The van der Waals surface area contributed by atoms with E-state index >= 15 is 0 Å². The van der Waals surface area contributed by atoms with Crippen molar-refractivity contribution in [2.45, 2.75) is 4.90 Å². The van der Waals surface area contributed by atoms with E-state index in [-0.39, 0.29) is 9.92 Å². The second-order valence-corrected chi connectivity index (χ2v) is 4.59. The molecule has 1 aromatic carbocycles. The number of sulfone groups is 1. The molecule has 0 atom stereocenters. The molecule has 1 aromatic rings. The second kappa shape index (κ2) is 2.83. The molecule has 60 valence electrons. The molecule has 0 radical (unpaired) electrons. The van der Waals surface area contributed by atoms with Crippen LogP contribution in [0.25, 0.3) is 0 Å². The van der Waals surface area contributed by atoms with Crippen LogP contribution in [0.2, 0.25) is 5.02 Å². The molecule has 0 heterocycles. The summed E-state index contributed by atoms with van der Waals surface area (Å²) in [5.41, 5.74) is 0. The molecule has 0 spiro atoms. The molecule has 0 saturated heterocycles. The van der Waals surface area contributed by atoms with Crippen molar-refractivity contribution in [3.05, 3.63) is 29.3 Å². The summed E-state index contributed by atoms with van der Waals surface area (Å²) in [5, 5.41) is 0.273. The van der Waals surface area contributed by atoms with Crippen LogP contribution in [0.4, 0.5) is 0 Å². The molecule has 4 heteroatoms. The minimum absolute atomic E-state index is 0.182. The molecule has 0 aromatic heterocycles. The van der Waals surface area contributed by atoms with Crippen LogP contribution in [0.1, 0.15) is 0 Å². The molecule has 0 amide bonds. The lowest BCUT2D eigenvalue weighted by Gasteiger charge is -1.98. The van der Waals surface area contributed by atoms with Crippen LogP contribution in [0.3, 0.4) is 0 Å². The number of hydrogen-bond acceptors (Lipinski definition) is 2. The van der Waals surface area contributed by atoms with Crippen LogP contribution < -0.4 is 0 Å². The summed E-state index contributed by atoms with van der Waals surface area (Å²) in [6.45, 7) is 0. The maximum atomic E-state index is 11.0. The van der Waals surface area contributed by atoms with E-state index in [0.29, 0.717) is 0 Å². The molecular weight excluding hydrogens is 184 g/mol. The number of benzene rings is 1. The molecule has 0 unspecified atom stereocenters. The monoisotopic (exact) mass is 190 g/mol. The summed E-state index contributed by atoms with van der Waals surface area (Å²) in [6.07, 6.45) is 1.13. The number of rotatable bonds is 1. The third kappa shape index (κ3) is 1.94. The fraction of sp³-hybridized carbons (Fsp3) is 0.143. The van der Waals surface area contributed by atoms with Gasteiger partial charge in [-0.3, -0.25) is 0 Å². The summed E-state index contributed by atoms with van der Waals surface area (Å²) in [4.78, 5) is 0.182. The highest BCUT2D eigenvalue weighted by molar-refractivity contribution is 7.90. The Hall–Kier alpha value is -0.540. The lowest BCUT2D eigenvalue weighted by Crippen LogP contribution is -1.96. The van der Waals surface area contributed by atoms with Gasteiger partial charge < -0.3 is 0 Å². The second-order valence-electron chi connectivity index (χ2n) is 2.20. The minimum atomic E-state index is -3.17. The van der Waals surface area contributed by atoms with Crippen molar-refractivity contribution in [3.8, 4) is 0 Å². The van der Waals surface area contributed by atoms with Gasteiger partial charge in [-0.1, -0.05) is 23.7 Å². The molecule has 1 rings (SSSR count). The van der Waals surface area contributed by atoms with Gasteiger partial charge in [-0.25, -0.2) is 8.42 Å². The van der Waals surface area contributed by atoms with Crippen LogP contribution in [-0.4, -0.2) is 14.7 Å². The Balaban J connectivity index is 3.37. The predicted molar refractivity (Wildman–Crippen MR) is 44.6 cm³/mol. The van der Waals surface area contributed by atoms with E-state index < -0.39 is 9.84 Å². The van der Waals surface area contributed by atoms with E-state index in [1.807, 2.05) is 0 Å². The van der Waals surface area contributed by atoms with Crippen molar-refractivity contribution in [1.82, 2.24) is 0 Å². The van der Waals surface area contributed by atoms with Gasteiger partial charge in [0, 0.05) is 6.26 Å². The van der Waals surface area contributed by atoms with E-state index in [1.54, 1.807) is 18.2 Å². The Morgan fingerprint density at radius 1 is 1.27 bits per heavy atom. The molecule has 0 N–H and O–H groups in total. The topological polar surface area (TPSA) is 34.1 Å². The Kier molecular flexibility index (Phi) is 2.20. The third-order valence-corrected chi connectivity index (χ3v) is 2.83. The van der Waals surface area contributed by atoms with Crippen LogP contribution >= 0.6 is 11.6 Å². The highest BCUT2D eigenvalue weighted by atomic mass is 35.5. The van der Waals surface area contributed by atoms with E-state index in [2.05, 4.69) is 0 Å². The SMILES string of the molecule is CS(=O)(=O)c1ccccc1Cl. The highest BCUT2D eigenvalue weighted by Gasteiger charge is 2.09. The molecule has 0 aliphatic carbocycles. The van der Waals surface area contributed by atoms with Crippen molar-refractivity contribution >= 4 is 21.4 Å². The van der Waals surface area contributed by atoms with Gasteiger partial charge in [0.2, 0.25) is 0 Å². The van der Waals surface area contributed by atoms with Gasteiger partial charge >= 0.3 is 0 Å². The Bertz CT molecular complexity index is 356.